The van der Waals surface area contributed by atoms with Crippen molar-refractivity contribution in [2.24, 2.45) is 5.92 Å². The molecule has 1 aromatic heterocycles. The number of nitrogens with zero attached hydrogens (tertiary/aromatic N) is 1. The maximum absolute atomic E-state index is 12.8. The quantitative estimate of drug-likeness (QED) is 0.477. The van der Waals surface area contributed by atoms with Crippen molar-refractivity contribution in [2.45, 2.75) is 18.8 Å². The molecule has 0 radical (unpaired) electrons. The monoisotopic (exact) mass is 518 g/mol. The van der Waals surface area contributed by atoms with Crippen molar-refractivity contribution in [1.29, 1.82) is 0 Å². The zero-order chi connectivity index (χ0) is 24.9. The van der Waals surface area contributed by atoms with E-state index in [1.54, 1.807) is 24.3 Å². The lowest BCUT2D eigenvalue weighted by molar-refractivity contribution is -0.0318. The van der Waals surface area contributed by atoms with Crippen LogP contribution < -0.4 is 11.2 Å². The Morgan fingerprint density at radius 2 is 1.54 bits per heavy atom. The summed E-state index contributed by atoms with van der Waals surface area (Å²) in [6.07, 6.45) is -0.461. The lowest BCUT2D eigenvalue weighted by atomic mass is 10.0. The third-order valence-corrected chi connectivity index (χ3v) is 6.00. The van der Waals surface area contributed by atoms with Gasteiger partial charge in [-0.2, -0.15) is 0 Å². The van der Waals surface area contributed by atoms with E-state index in [1.807, 2.05) is 0 Å². The molecule has 182 valence electrons. The van der Waals surface area contributed by atoms with E-state index in [0.717, 1.165) is 4.57 Å². The van der Waals surface area contributed by atoms with Crippen molar-refractivity contribution < 1.29 is 23.8 Å². The summed E-state index contributed by atoms with van der Waals surface area (Å²) in [7, 11) is 0. The Labute approximate surface area is 209 Å². The minimum atomic E-state index is -0.900. The highest BCUT2D eigenvalue weighted by molar-refractivity contribution is 6.31. The number of carbonyl (C=O) groups excluding carboxylic acids is 2. The van der Waals surface area contributed by atoms with Gasteiger partial charge in [-0.15, -0.1) is 0 Å². The van der Waals surface area contributed by atoms with Crippen molar-refractivity contribution in [3.63, 3.8) is 0 Å². The van der Waals surface area contributed by atoms with Crippen LogP contribution >= 0.6 is 23.2 Å². The van der Waals surface area contributed by atoms with Gasteiger partial charge in [0.1, 0.15) is 18.8 Å². The first-order valence-corrected chi connectivity index (χ1v) is 11.4. The summed E-state index contributed by atoms with van der Waals surface area (Å²) in [5, 5.41) is 0.933. The Morgan fingerprint density at radius 1 is 0.943 bits per heavy atom. The highest BCUT2D eigenvalue weighted by Crippen LogP contribution is 2.27. The lowest BCUT2D eigenvalue weighted by Gasteiger charge is -2.23. The molecular weight excluding hydrogens is 499 g/mol. The van der Waals surface area contributed by atoms with Gasteiger partial charge < -0.3 is 19.2 Å². The number of H-pyrrole nitrogens is 1. The molecule has 1 fully saturated rings. The van der Waals surface area contributed by atoms with Gasteiger partial charge in [-0.3, -0.25) is 9.36 Å². The van der Waals surface area contributed by atoms with E-state index < -0.39 is 41.3 Å². The second-order valence-electron chi connectivity index (χ2n) is 7.85. The van der Waals surface area contributed by atoms with Gasteiger partial charge in [0.25, 0.3) is 5.56 Å². The van der Waals surface area contributed by atoms with Crippen LogP contribution in [0.2, 0.25) is 10.0 Å². The van der Waals surface area contributed by atoms with Gasteiger partial charge in [0.2, 0.25) is 0 Å². The number of benzene rings is 2. The average molecular weight is 519 g/mol. The molecule has 2 aromatic carbocycles. The van der Waals surface area contributed by atoms with Crippen LogP contribution in [-0.2, 0) is 20.8 Å². The molecule has 35 heavy (non-hydrogen) atoms. The minimum absolute atomic E-state index is 0.0603. The van der Waals surface area contributed by atoms with E-state index in [0.29, 0.717) is 15.6 Å². The van der Waals surface area contributed by atoms with Crippen molar-refractivity contribution in [1.82, 2.24) is 9.55 Å². The van der Waals surface area contributed by atoms with E-state index in [-0.39, 0.29) is 25.3 Å². The maximum Gasteiger partial charge on any atom is 0.338 e. The van der Waals surface area contributed by atoms with Crippen molar-refractivity contribution in [2.75, 3.05) is 13.2 Å². The van der Waals surface area contributed by atoms with Crippen LogP contribution in [0, 0.1) is 5.92 Å². The van der Waals surface area contributed by atoms with Crippen molar-refractivity contribution >= 4 is 35.1 Å². The van der Waals surface area contributed by atoms with E-state index in [2.05, 4.69) is 4.98 Å². The van der Waals surface area contributed by atoms with Gasteiger partial charge in [0.15, 0.2) is 0 Å². The Kier molecular flexibility index (Phi) is 7.70. The molecule has 1 saturated heterocycles. The third-order valence-electron chi connectivity index (χ3n) is 5.50. The summed E-state index contributed by atoms with van der Waals surface area (Å²) in [6, 6.07) is 13.5. The number of hydrogen-bond acceptors (Lipinski definition) is 7. The van der Waals surface area contributed by atoms with Crippen molar-refractivity contribution in [3.8, 4) is 0 Å². The molecule has 0 bridgehead atoms. The summed E-state index contributed by atoms with van der Waals surface area (Å²) in [4.78, 5) is 52.0. The fourth-order valence-electron chi connectivity index (χ4n) is 3.68. The largest absolute Gasteiger partial charge is 0.459 e. The number of esters is 2. The van der Waals surface area contributed by atoms with Gasteiger partial charge in [-0.1, -0.05) is 23.2 Å². The molecule has 0 saturated carbocycles. The second-order valence-corrected chi connectivity index (χ2v) is 8.72. The van der Waals surface area contributed by atoms with E-state index in [1.165, 1.54) is 36.5 Å². The predicted molar refractivity (Wildman–Crippen MR) is 127 cm³/mol. The van der Waals surface area contributed by atoms with Gasteiger partial charge in [0.05, 0.1) is 17.7 Å². The van der Waals surface area contributed by atoms with Crippen LogP contribution in [0.5, 0.6) is 0 Å². The number of ether oxygens (including phenoxy) is 3. The zero-order valence-electron chi connectivity index (χ0n) is 18.2. The van der Waals surface area contributed by atoms with Gasteiger partial charge in [-0.25, -0.2) is 14.4 Å². The summed E-state index contributed by atoms with van der Waals surface area (Å²) in [5.41, 5.74) is -0.556. The van der Waals surface area contributed by atoms with E-state index in [9.17, 15) is 19.2 Å². The molecule has 1 aliphatic rings. The molecule has 3 aromatic rings. The minimum Gasteiger partial charge on any atom is -0.459 e. The van der Waals surface area contributed by atoms with Crippen LogP contribution in [0.4, 0.5) is 0 Å². The lowest BCUT2D eigenvalue weighted by Crippen LogP contribution is -2.42. The summed E-state index contributed by atoms with van der Waals surface area (Å²) < 4.78 is 17.9. The van der Waals surface area contributed by atoms with Gasteiger partial charge in [-0.05, 0) is 48.5 Å². The molecular formula is C24H20Cl2N2O7. The number of aromatic nitrogens is 2. The fourth-order valence-corrected chi connectivity index (χ4v) is 3.93. The molecule has 0 spiro atoms. The SMILES string of the molecule is O=C(OC[C@H]1OCC(Cn2c(=O)cc[nH]c2=O)C1OC(=O)c1ccc(Cl)cc1)c1ccc(Cl)cc1. The fraction of sp³-hybridized carbons (Fsp3) is 0.250. The third kappa shape index (κ3) is 6.00. The number of halogens is 2. The topological polar surface area (TPSA) is 117 Å². The van der Waals surface area contributed by atoms with Gasteiger partial charge >= 0.3 is 17.6 Å². The van der Waals surface area contributed by atoms with E-state index >= 15 is 0 Å². The first-order valence-electron chi connectivity index (χ1n) is 10.6. The Bertz CT molecular complexity index is 1290. The number of aromatic amines is 1. The summed E-state index contributed by atoms with van der Waals surface area (Å²) in [5.74, 6) is -1.80. The first-order chi connectivity index (χ1) is 16.8. The number of nitrogens with one attached hydrogen (secondary N) is 1. The average Bonchev–Trinajstić information content (AvgIpc) is 3.21. The highest BCUT2D eigenvalue weighted by atomic mass is 35.5. The van der Waals surface area contributed by atoms with Crippen molar-refractivity contribution in [3.05, 3.63) is 103 Å². The normalized spacial score (nSPS) is 19.3. The molecule has 2 unspecified atom stereocenters. The summed E-state index contributed by atoms with van der Waals surface area (Å²) in [6.45, 7) is -0.200. The number of carbonyl (C=O) groups is 2. The number of rotatable bonds is 7. The van der Waals surface area contributed by atoms with Crippen LogP contribution in [0.3, 0.4) is 0 Å². The maximum atomic E-state index is 12.8. The molecule has 0 aliphatic carbocycles. The van der Waals surface area contributed by atoms with Gasteiger partial charge in [0, 0.05) is 34.8 Å². The van der Waals surface area contributed by atoms with Crippen LogP contribution in [0.1, 0.15) is 20.7 Å². The Morgan fingerprint density at radius 3 is 2.14 bits per heavy atom. The molecule has 2 heterocycles. The van der Waals surface area contributed by atoms with Crippen LogP contribution in [0.15, 0.2) is 70.4 Å². The van der Waals surface area contributed by atoms with Crippen LogP contribution in [-0.4, -0.2) is 46.9 Å². The van der Waals surface area contributed by atoms with E-state index in [4.69, 9.17) is 37.4 Å². The smallest absolute Gasteiger partial charge is 0.338 e. The van der Waals surface area contributed by atoms with Crippen LogP contribution in [0.25, 0.3) is 0 Å². The molecule has 1 N–H and O–H groups in total. The molecule has 9 nitrogen and oxygen atoms in total. The molecule has 4 rings (SSSR count). The zero-order valence-corrected chi connectivity index (χ0v) is 19.7. The molecule has 3 atom stereocenters. The molecule has 0 amide bonds. The second kappa shape index (κ2) is 10.9. The highest BCUT2D eigenvalue weighted by Gasteiger charge is 2.41. The standard InChI is InChI=1S/C24H20Cl2N2O7/c25-17-5-1-14(2-6-17)22(30)34-13-19-21(35-23(31)15-3-7-18(26)8-4-15)16(12-33-19)11-28-20(29)9-10-27-24(28)32/h1-10,16,19,21H,11-13H2,(H,27,32)/t16?,19-,21?/m1/s1. The molecule has 11 heteroatoms. The summed E-state index contributed by atoms with van der Waals surface area (Å²) >= 11 is 11.7. The predicted octanol–water partition coefficient (Wildman–Crippen LogP) is 2.94. The first kappa shape index (κ1) is 24.7. The Hall–Kier alpha value is -3.40. The number of hydrogen-bond donors (Lipinski definition) is 1. The molecule has 1 aliphatic heterocycles. The Balaban J connectivity index is 1.52.